The normalized spacial score (nSPS) is 15.1. The van der Waals surface area contributed by atoms with Gasteiger partial charge in [0.25, 0.3) is 0 Å². The zero-order chi connectivity index (χ0) is 16.9. The lowest BCUT2D eigenvalue weighted by Gasteiger charge is -2.27. The number of hydrogen-bond acceptors (Lipinski definition) is 2. The Hall–Kier alpha value is -2.74. The number of nitrogens with zero attached hydrogens (tertiary/aromatic N) is 1. The van der Waals surface area contributed by atoms with Crippen LogP contribution in [0.3, 0.4) is 0 Å². The van der Waals surface area contributed by atoms with Gasteiger partial charge in [0, 0.05) is 5.69 Å². The number of anilines is 3. The number of aryl methyl sites for hydroxylation is 1. The van der Waals surface area contributed by atoms with Gasteiger partial charge >= 0.3 is 0 Å². The molecule has 1 atom stereocenters. The van der Waals surface area contributed by atoms with Crippen molar-refractivity contribution < 1.29 is 0 Å². The van der Waals surface area contributed by atoms with E-state index in [4.69, 9.17) is 0 Å². The molecule has 0 spiro atoms. The van der Waals surface area contributed by atoms with E-state index in [2.05, 4.69) is 96.0 Å². The van der Waals surface area contributed by atoms with Crippen molar-refractivity contribution in [2.24, 2.45) is 0 Å². The van der Waals surface area contributed by atoms with Crippen LogP contribution in [-0.2, 0) is 0 Å². The molecular weight excluding hydrogens is 292 g/mol. The van der Waals surface area contributed by atoms with E-state index in [1.54, 1.807) is 0 Å². The van der Waals surface area contributed by atoms with Gasteiger partial charge in [0.15, 0.2) is 0 Å². The molecular formula is C22H24N2. The Labute approximate surface area is 144 Å². The molecule has 1 N–H and O–H groups in total. The van der Waals surface area contributed by atoms with Gasteiger partial charge in [0.1, 0.15) is 6.17 Å². The predicted molar refractivity (Wildman–Crippen MR) is 104 cm³/mol. The van der Waals surface area contributed by atoms with Gasteiger partial charge in [-0.2, -0.15) is 0 Å². The molecule has 1 aliphatic rings. The minimum Gasteiger partial charge on any atom is -0.359 e. The minimum atomic E-state index is 0.125. The lowest BCUT2D eigenvalue weighted by Crippen LogP contribution is -2.23. The highest BCUT2D eigenvalue weighted by molar-refractivity contribution is 5.83. The third-order valence-electron chi connectivity index (χ3n) is 4.14. The standard InChI is InChI=1S/C20H18N2.C2H6/c1-15-11-13-16(14-12-15)20-21-18-9-5-6-10-19(18)22(20)17-7-3-2-4-8-17;1-2/h2-14,20-21H,1H3;1-2H3. The van der Waals surface area contributed by atoms with Gasteiger partial charge in [-0.1, -0.05) is 74.0 Å². The van der Waals surface area contributed by atoms with Gasteiger partial charge in [0.2, 0.25) is 0 Å². The Kier molecular flexibility index (Phi) is 4.85. The average Bonchev–Trinajstić information content (AvgIpc) is 3.04. The Morgan fingerprint density at radius 1 is 0.750 bits per heavy atom. The van der Waals surface area contributed by atoms with Crippen molar-refractivity contribution in [3.63, 3.8) is 0 Å². The van der Waals surface area contributed by atoms with Crippen molar-refractivity contribution in [1.82, 2.24) is 0 Å². The Morgan fingerprint density at radius 3 is 2.08 bits per heavy atom. The molecule has 2 nitrogen and oxygen atoms in total. The quantitative estimate of drug-likeness (QED) is 0.598. The number of fused-ring (bicyclic) bond motifs is 1. The molecule has 1 unspecified atom stereocenters. The molecule has 0 saturated carbocycles. The minimum absolute atomic E-state index is 0.125. The van der Waals surface area contributed by atoms with Gasteiger partial charge in [-0.05, 0) is 36.8 Å². The molecule has 3 aromatic rings. The van der Waals surface area contributed by atoms with Crippen LogP contribution in [-0.4, -0.2) is 0 Å². The molecule has 0 fully saturated rings. The molecule has 1 heterocycles. The second kappa shape index (κ2) is 7.22. The van der Waals surface area contributed by atoms with Crippen molar-refractivity contribution >= 4 is 17.1 Å². The molecule has 1 aliphatic heterocycles. The fourth-order valence-electron chi connectivity index (χ4n) is 3.01. The molecule has 0 radical (unpaired) electrons. The van der Waals surface area contributed by atoms with Crippen LogP contribution in [0.25, 0.3) is 0 Å². The van der Waals surface area contributed by atoms with E-state index in [9.17, 15) is 0 Å². The van der Waals surface area contributed by atoms with Gasteiger partial charge in [-0.3, -0.25) is 0 Å². The maximum absolute atomic E-state index is 3.64. The highest BCUT2D eigenvalue weighted by atomic mass is 15.3. The number of nitrogens with one attached hydrogen (secondary N) is 1. The van der Waals surface area contributed by atoms with Crippen molar-refractivity contribution in [1.29, 1.82) is 0 Å². The topological polar surface area (TPSA) is 15.3 Å². The zero-order valence-electron chi connectivity index (χ0n) is 14.5. The van der Waals surface area contributed by atoms with E-state index in [1.807, 2.05) is 13.8 Å². The highest BCUT2D eigenvalue weighted by Crippen LogP contribution is 2.45. The number of benzene rings is 3. The van der Waals surface area contributed by atoms with Crippen LogP contribution in [0, 0.1) is 6.92 Å². The van der Waals surface area contributed by atoms with E-state index >= 15 is 0 Å². The first kappa shape index (κ1) is 16.1. The Balaban J connectivity index is 0.000000815. The third kappa shape index (κ3) is 3.00. The van der Waals surface area contributed by atoms with Crippen LogP contribution in [0.15, 0.2) is 78.9 Å². The number of rotatable bonds is 2. The first-order chi connectivity index (χ1) is 11.8. The SMILES string of the molecule is CC.Cc1ccc(C2Nc3ccccc3N2c2ccccc2)cc1. The molecule has 0 bridgehead atoms. The Morgan fingerprint density at radius 2 is 1.38 bits per heavy atom. The Bertz CT molecular complexity index is 779. The maximum Gasteiger partial charge on any atom is 0.130 e. The molecule has 24 heavy (non-hydrogen) atoms. The zero-order valence-corrected chi connectivity index (χ0v) is 14.5. The average molecular weight is 316 g/mol. The van der Waals surface area contributed by atoms with Crippen molar-refractivity contribution in [3.05, 3.63) is 90.0 Å². The van der Waals surface area contributed by atoms with Gasteiger partial charge in [-0.15, -0.1) is 0 Å². The van der Waals surface area contributed by atoms with Crippen LogP contribution in [0.1, 0.15) is 31.1 Å². The second-order valence-corrected chi connectivity index (χ2v) is 5.68. The van der Waals surface area contributed by atoms with Crippen LogP contribution in [0.2, 0.25) is 0 Å². The van der Waals surface area contributed by atoms with Crippen molar-refractivity contribution in [3.8, 4) is 0 Å². The number of hydrogen-bond donors (Lipinski definition) is 1. The monoisotopic (exact) mass is 316 g/mol. The summed E-state index contributed by atoms with van der Waals surface area (Å²) in [6, 6.07) is 27.8. The summed E-state index contributed by atoms with van der Waals surface area (Å²) in [7, 11) is 0. The highest BCUT2D eigenvalue weighted by Gasteiger charge is 2.30. The molecule has 2 heteroatoms. The summed E-state index contributed by atoms with van der Waals surface area (Å²) in [4.78, 5) is 2.36. The summed E-state index contributed by atoms with van der Waals surface area (Å²) in [6.07, 6.45) is 0.125. The van der Waals surface area contributed by atoms with E-state index < -0.39 is 0 Å². The van der Waals surface area contributed by atoms with Crippen LogP contribution in [0.5, 0.6) is 0 Å². The van der Waals surface area contributed by atoms with Crippen molar-refractivity contribution in [2.75, 3.05) is 10.2 Å². The first-order valence-electron chi connectivity index (χ1n) is 8.59. The van der Waals surface area contributed by atoms with Crippen LogP contribution in [0.4, 0.5) is 17.1 Å². The molecule has 0 aliphatic carbocycles. The molecule has 122 valence electrons. The molecule has 0 saturated heterocycles. The number of para-hydroxylation sites is 3. The summed E-state index contributed by atoms with van der Waals surface area (Å²) in [5.74, 6) is 0. The van der Waals surface area contributed by atoms with E-state index in [-0.39, 0.29) is 6.17 Å². The lowest BCUT2D eigenvalue weighted by molar-refractivity contribution is 0.828. The third-order valence-corrected chi connectivity index (χ3v) is 4.14. The van der Waals surface area contributed by atoms with Gasteiger partial charge in [-0.25, -0.2) is 0 Å². The van der Waals surface area contributed by atoms with E-state index in [0.717, 1.165) is 0 Å². The second-order valence-electron chi connectivity index (χ2n) is 5.68. The molecule has 4 rings (SSSR count). The van der Waals surface area contributed by atoms with Gasteiger partial charge < -0.3 is 10.2 Å². The van der Waals surface area contributed by atoms with Crippen LogP contribution < -0.4 is 10.2 Å². The molecule has 0 amide bonds. The summed E-state index contributed by atoms with van der Waals surface area (Å²) in [6.45, 7) is 6.12. The summed E-state index contributed by atoms with van der Waals surface area (Å²) < 4.78 is 0. The lowest BCUT2D eigenvalue weighted by atomic mass is 10.1. The first-order valence-corrected chi connectivity index (χ1v) is 8.59. The molecule has 3 aromatic carbocycles. The summed E-state index contributed by atoms with van der Waals surface area (Å²) in [5, 5.41) is 3.64. The van der Waals surface area contributed by atoms with Crippen molar-refractivity contribution in [2.45, 2.75) is 26.9 Å². The smallest absolute Gasteiger partial charge is 0.130 e. The van der Waals surface area contributed by atoms with E-state index in [0.29, 0.717) is 0 Å². The van der Waals surface area contributed by atoms with E-state index in [1.165, 1.54) is 28.2 Å². The van der Waals surface area contributed by atoms with Crippen LogP contribution >= 0.6 is 0 Å². The molecule has 0 aromatic heterocycles. The fourth-order valence-corrected chi connectivity index (χ4v) is 3.01. The fraction of sp³-hybridized carbons (Fsp3) is 0.182. The maximum atomic E-state index is 3.64. The summed E-state index contributed by atoms with van der Waals surface area (Å²) >= 11 is 0. The van der Waals surface area contributed by atoms with Gasteiger partial charge in [0.05, 0.1) is 11.4 Å². The summed E-state index contributed by atoms with van der Waals surface area (Å²) in [5.41, 5.74) is 6.15. The predicted octanol–water partition coefficient (Wildman–Crippen LogP) is 6.28. The largest absolute Gasteiger partial charge is 0.359 e.